The first-order chi connectivity index (χ1) is 14.0. The lowest BCUT2D eigenvalue weighted by Crippen LogP contribution is -2.47. The lowest BCUT2D eigenvalue weighted by molar-refractivity contribution is -0.119. The molecule has 1 fully saturated rings. The molecule has 0 radical (unpaired) electrons. The Balaban J connectivity index is 1.64. The van der Waals surface area contributed by atoms with Crippen molar-refractivity contribution in [3.8, 4) is 5.75 Å². The number of ether oxygens (including phenoxy) is 1. The minimum Gasteiger partial charge on any atom is -0.497 e. The SMILES string of the molecule is CCC(=O)N(c1cccc(OC)c1)C1CCN(Cc2ccc(C(C)C)cc2)CC1. The van der Waals surface area contributed by atoms with Crippen molar-refractivity contribution in [1.82, 2.24) is 4.90 Å². The first-order valence-corrected chi connectivity index (χ1v) is 10.8. The molecule has 0 N–H and O–H groups in total. The van der Waals surface area contributed by atoms with E-state index in [-0.39, 0.29) is 11.9 Å². The third kappa shape index (κ3) is 5.39. The molecule has 1 amide bonds. The largest absolute Gasteiger partial charge is 0.497 e. The molecule has 1 aliphatic rings. The fourth-order valence-electron chi connectivity index (χ4n) is 4.09. The van der Waals surface area contributed by atoms with Crippen LogP contribution in [-0.2, 0) is 11.3 Å². The van der Waals surface area contributed by atoms with Gasteiger partial charge < -0.3 is 9.64 Å². The molecule has 1 heterocycles. The predicted octanol–water partition coefficient (Wildman–Crippen LogP) is 5.23. The Morgan fingerprint density at radius 2 is 1.83 bits per heavy atom. The van der Waals surface area contributed by atoms with E-state index < -0.39 is 0 Å². The summed E-state index contributed by atoms with van der Waals surface area (Å²) in [4.78, 5) is 17.2. The maximum atomic E-state index is 12.7. The third-order valence-electron chi connectivity index (χ3n) is 5.88. The zero-order chi connectivity index (χ0) is 20.8. The number of benzene rings is 2. The number of carbonyl (C=O) groups is 1. The third-order valence-corrected chi connectivity index (χ3v) is 5.88. The van der Waals surface area contributed by atoms with Crippen LogP contribution in [-0.4, -0.2) is 37.0 Å². The van der Waals surface area contributed by atoms with Crippen LogP contribution in [0.3, 0.4) is 0 Å². The van der Waals surface area contributed by atoms with Crippen molar-refractivity contribution >= 4 is 11.6 Å². The summed E-state index contributed by atoms with van der Waals surface area (Å²) in [5, 5.41) is 0. The Morgan fingerprint density at radius 1 is 1.14 bits per heavy atom. The van der Waals surface area contributed by atoms with Gasteiger partial charge in [0.15, 0.2) is 0 Å². The first kappa shape index (κ1) is 21.4. The Bertz CT molecular complexity index is 793. The number of hydrogen-bond acceptors (Lipinski definition) is 3. The van der Waals surface area contributed by atoms with Crippen molar-refractivity contribution < 1.29 is 9.53 Å². The summed E-state index contributed by atoms with van der Waals surface area (Å²) < 4.78 is 5.37. The number of hydrogen-bond donors (Lipinski definition) is 0. The fraction of sp³-hybridized carbons (Fsp3) is 0.480. The molecule has 0 bridgehead atoms. The normalized spacial score (nSPS) is 15.5. The number of rotatable bonds is 7. The monoisotopic (exact) mass is 394 g/mol. The molecule has 4 heteroatoms. The molecule has 0 atom stereocenters. The van der Waals surface area contributed by atoms with E-state index >= 15 is 0 Å². The highest BCUT2D eigenvalue weighted by Gasteiger charge is 2.28. The van der Waals surface area contributed by atoms with Crippen molar-refractivity contribution in [1.29, 1.82) is 0 Å². The topological polar surface area (TPSA) is 32.8 Å². The summed E-state index contributed by atoms with van der Waals surface area (Å²) in [7, 11) is 1.66. The molecule has 0 aromatic heterocycles. The van der Waals surface area contributed by atoms with E-state index in [2.05, 4.69) is 43.0 Å². The molecule has 0 unspecified atom stereocenters. The van der Waals surface area contributed by atoms with E-state index in [4.69, 9.17) is 4.74 Å². The number of piperidine rings is 1. The van der Waals surface area contributed by atoms with Crippen molar-refractivity contribution in [3.63, 3.8) is 0 Å². The number of likely N-dealkylation sites (tertiary alicyclic amines) is 1. The van der Waals surface area contributed by atoms with Gasteiger partial charge in [-0.15, -0.1) is 0 Å². The van der Waals surface area contributed by atoms with Gasteiger partial charge in [0.2, 0.25) is 5.91 Å². The Morgan fingerprint density at radius 3 is 2.41 bits per heavy atom. The van der Waals surface area contributed by atoms with Crippen LogP contribution in [0.4, 0.5) is 5.69 Å². The van der Waals surface area contributed by atoms with Gasteiger partial charge in [-0.3, -0.25) is 9.69 Å². The van der Waals surface area contributed by atoms with Crippen LogP contribution in [0.25, 0.3) is 0 Å². The number of nitrogens with zero attached hydrogens (tertiary/aromatic N) is 2. The molecule has 0 aliphatic carbocycles. The van der Waals surface area contributed by atoms with E-state index in [0.717, 1.165) is 43.9 Å². The zero-order valence-electron chi connectivity index (χ0n) is 18.2. The highest BCUT2D eigenvalue weighted by molar-refractivity contribution is 5.94. The average Bonchev–Trinajstić information content (AvgIpc) is 2.75. The number of amides is 1. The average molecular weight is 395 g/mol. The summed E-state index contributed by atoms with van der Waals surface area (Å²) in [6.45, 7) is 9.39. The molecule has 29 heavy (non-hydrogen) atoms. The molecule has 1 saturated heterocycles. The van der Waals surface area contributed by atoms with Crippen molar-refractivity contribution in [2.75, 3.05) is 25.1 Å². The maximum Gasteiger partial charge on any atom is 0.226 e. The molecule has 1 aliphatic heterocycles. The smallest absolute Gasteiger partial charge is 0.226 e. The number of anilines is 1. The lowest BCUT2D eigenvalue weighted by Gasteiger charge is -2.38. The summed E-state index contributed by atoms with van der Waals surface area (Å²) in [6, 6.07) is 17.1. The highest BCUT2D eigenvalue weighted by Crippen LogP contribution is 2.28. The van der Waals surface area contributed by atoms with Crippen molar-refractivity contribution in [3.05, 3.63) is 59.7 Å². The van der Waals surface area contributed by atoms with Crippen LogP contribution in [0, 0.1) is 0 Å². The summed E-state index contributed by atoms with van der Waals surface area (Å²) in [5.41, 5.74) is 3.69. The maximum absolute atomic E-state index is 12.7. The summed E-state index contributed by atoms with van der Waals surface area (Å²) in [6.07, 6.45) is 2.50. The van der Waals surface area contributed by atoms with Crippen LogP contribution in [0.5, 0.6) is 5.75 Å². The van der Waals surface area contributed by atoms with Gasteiger partial charge in [0.1, 0.15) is 5.75 Å². The Hall–Kier alpha value is -2.33. The van der Waals surface area contributed by atoms with Crippen LogP contribution in [0.1, 0.15) is 57.1 Å². The molecule has 3 rings (SSSR count). The number of methoxy groups -OCH3 is 1. The number of carbonyl (C=O) groups excluding carboxylic acids is 1. The van der Waals surface area contributed by atoms with Gasteiger partial charge in [0.05, 0.1) is 7.11 Å². The van der Waals surface area contributed by atoms with Gasteiger partial charge in [-0.1, -0.05) is 51.1 Å². The second kappa shape index (κ2) is 9.93. The van der Waals surface area contributed by atoms with Gasteiger partial charge in [-0.2, -0.15) is 0 Å². The van der Waals surface area contributed by atoms with Gasteiger partial charge in [-0.05, 0) is 42.0 Å². The van der Waals surface area contributed by atoms with E-state index in [0.29, 0.717) is 12.3 Å². The van der Waals surface area contributed by atoms with E-state index in [9.17, 15) is 4.79 Å². The minimum absolute atomic E-state index is 0.181. The van der Waals surface area contributed by atoms with E-state index in [1.807, 2.05) is 36.1 Å². The predicted molar refractivity (Wildman–Crippen MR) is 120 cm³/mol. The van der Waals surface area contributed by atoms with Crippen LogP contribution in [0.2, 0.25) is 0 Å². The van der Waals surface area contributed by atoms with Crippen LogP contribution in [0.15, 0.2) is 48.5 Å². The zero-order valence-corrected chi connectivity index (χ0v) is 18.2. The van der Waals surface area contributed by atoms with E-state index in [1.165, 1.54) is 11.1 Å². The molecule has 2 aromatic rings. The molecule has 2 aromatic carbocycles. The molecule has 4 nitrogen and oxygen atoms in total. The van der Waals surface area contributed by atoms with Crippen LogP contribution < -0.4 is 9.64 Å². The standard InChI is InChI=1S/C25H34N2O2/c1-5-25(28)27(23-7-6-8-24(17-23)29-4)22-13-15-26(16-14-22)18-20-9-11-21(12-10-20)19(2)3/h6-12,17,19,22H,5,13-16,18H2,1-4H3. The van der Waals surface area contributed by atoms with Gasteiger partial charge >= 0.3 is 0 Å². The van der Waals surface area contributed by atoms with Gasteiger partial charge in [-0.25, -0.2) is 0 Å². The molecule has 0 saturated carbocycles. The van der Waals surface area contributed by atoms with Crippen molar-refractivity contribution in [2.24, 2.45) is 0 Å². The first-order valence-electron chi connectivity index (χ1n) is 10.8. The summed E-state index contributed by atoms with van der Waals surface area (Å²) >= 11 is 0. The molecular weight excluding hydrogens is 360 g/mol. The second-order valence-corrected chi connectivity index (χ2v) is 8.22. The molecular formula is C25H34N2O2. The van der Waals surface area contributed by atoms with E-state index in [1.54, 1.807) is 7.11 Å². The Kier molecular flexibility index (Phi) is 7.32. The summed E-state index contributed by atoms with van der Waals surface area (Å²) in [5.74, 6) is 1.54. The Labute approximate surface area is 175 Å². The van der Waals surface area contributed by atoms with Gasteiger partial charge in [0, 0.05) is 43.9 Å². The van der Waals surface area contributed by atoms with Crippen LogP contribution >= 0.6 is 0 Å². The quantitative estimate of drug-likeness (QED) is 0.645. The highest BCUT2D eigenvalue weighted by atomic mass is 16.5. The second-order valence-electron chi connectivity index (χ2n) is 8.22. The molecule has 0 spiro atoms. The minimum atomic E-state index is 0.181. The van der Waals surface area contributed by atoms with Crippen molar-refractivity contribution in [2.45, 2.75) is 58.5 Å². The fourth-order valence-corrected chi connectivity index (χ4v) is 4.09. The molecule has 156 valence electrons. The lowest BCUT2D eigenvalue weighted by atomic mass is 9.99. The van der Waals surface area contributed by atoms with Gasteiger partial charge in [0.25, 0.3) is 0 Å².